The van der Waals surface area contributed by atoms with Gasteiger partial charge in [0.15, 0.2) is 0 Å². The summed E-state index contributed by atoms with van der Waals surface area (Å²) in [6.07, 6.45) is 8.45. The maximum absolute atomic E-state index is 5.73. The van der Waals surface area contributed by atoms with Gasteiger partial charge >= 0.3 is 0 Å². The highest BCUT2D eigenvalue weighted by molar-refractivity contribution is 4.86. The molecule has 5 aliphatic rings. The summed E-state index contributed by atoms with van der Waals surface area (Å²) >= 11 is 0. The summed E-state index contributed by atoms with van der Waals surface area (Å²) in [5, 5.41) is 0. The summed E-state index contributed by atoms with van der Waals surface area (Å²) in [5.41, 5.74) is 0.230. The topological polar surface area (TPSA) is 50.1 Å². The van der Waals surface area contributed by atoms with Crippen LogP contribution in [0.1, 0.15) is 32.1 Å². The number of epoxide rings is 4. The molecule has 5 rings (SSSR count). The Morgan fingerprint density at radius 3 is 1.19 bits per heavy atom. The highest BCUT2D eigenvalue weighted by atomic mass is 16.6. The predicted molar refractivity (Wildman–Crippen MR) is 96.6 cm³/mol. The lowest BCUT2D eigenvalue weighted by molar-refractivity contribution is -1.16. The summed E-state index contributed by atoms with van der Waals surface area (Å²) < 4.78 is 25.1. The van der Waals surface area contributed by atoms with Gasteiger partial charge in [0.2, 0.25) is 5.66 Å². The van der Waals surface area contributed by atoms with E-state index in [1.807, 2.05) is 0 Å². The smallest absolute Gasteiger partial charge is 0.225 e. The number of nitrogens with zero attached hydrogens (tertiary/aromatic N) is 2. The fourth-order valence-electron chi connectivity index (χ4n) is 6.10. The number of likely N-dealkylation sites (N-methyl/N-ethyl adjacent to an activating group) is 2. The molecule has 0 radical (unpaired) electrons. The maximum Gasteiger partial charge on any atom is 0.225 e. The van der Waals surface area contributed by atoms with Crippen LogP contribution in [0.3, 0.4) is 0 Å². The lowest BCUT2D eigenvalue weighted by Gasteiger charge is -2.60. The van der Waals surface area contributed by atoms with Gasteiger partial charge in [-0.05, 0) is 12.8 Å². The predicted octanol–water partition coefficient (Wildman–Crippen LogP) is 1.14. The zero-order valence-corrected chi connectivity index (χ0v) is 16.5. The first-order valence-electron chi connectivity index (χ1n) is 10.7. The van der Waals surface area contributed by atoms with Gasteiger partial charge in [-0.3, -0.25) is 8.97 Å². The molecule has 0 aromatic heterocycles. The van der Waals surface area contributed by atoms with E-state index in [4.69, 9.17) is 18.9 Å². The normalized spacial score (nSPS) is 41.8. The van der Waals surface area contributed by atoms with E-state index in [0.717, 1.165) is 61.6 Å². The second-order valence-corrected chi connectivity index (χ2v) is 9.89. The third kappa shape index (κ3) is 3.45. The van der Waals surface area contributed by atoms with Crippen molar-refractivity contribution < 1.29 is 27.9 Å². The largest absolute Gasteiger partial charge is 0.367 e. The fourth-order valence-corrected chi connectivity index (χ4v) is 6.10. The van der Waals surface area contributed by atoms with Crippen molar-refractivity contribution in [2.45, 2.75) is 62.2 Å². The van der Waals surface area contributed by atoms with Gasteiger partial charge in [0.1, 0.15) is 50.6 Å². The van der Waals surface area contributed by atoms with E-state index < -0.39 is 0 Å². The van der Waals surface area contributed by atoms with Crippen LogP contribution in [-0.4, -0.2) is 106 Å². The van der Waals surface area contributed by atoms with Gasteiger partial charge in [0.05, 0.1) is 53.4 Å². The van der Waals surface area contributed by atoms with Crippen LogP contribution in [0.5, 0.6) is 0 Å². The molecule has 0 N–H and O–H groups in total. The van der Waals surface area contributed by atoms with Crippen LogP contribution in [-0.2, 0) is 18.9 Å². The van der Waals surface area contributed by atoms with Crippen molar-refractivity contribution in [3.05, 3.63) is 0 Å². The highest BCUT2D eigenvalue weighted by Crippen LogP contribution is 2.47. The molecule has 4 atom stereocenters. The Morgan fingerprint density at radius 2 is 0.923 bits per heavy atom. The minimum atomic E-state index is 0.230. The van der Waals surface area contributed by atoms with Gasteiger partial charge in [0, 0.05) is 0 Å². The van der Waals surface area contributed by atoms with E-state index in [-0.39, 0.29) is 5.66 Å². The third-order valence-corrected chi connectivity index (χ3v) is 7.70. The first-order valence-corrected chi connectivity index (χ1v) is 10.7. The molecule has 0 amide bonds. The second-order valence-electron chi connectivity index (χ2n) is 9.89. The number of rotatable bonds is 10. The van der Waals surface area contributed by atoms with Crippen LogP contribution < -0.4 is 0 Å². The van der Waals surface area contributed by atoms with Gasteiger partial charge in [-0.15, -0.1) is 0 Å². The zero-order valence-electron chi connectivity index (χ0n) is 16.5. The standard InChI is InChI=1S/C20H36N2O4/c1-21(8-16-12-23-16,9-17-13-24-17)20(6-4-3-5-7-20)22(2,10-18-14-25-18)11-19-15-26-19/h16-19H,3-15H2,1-2H3/q+2. The lowest BCUT2D eigenvalue weighted by atomic mass is 9.81. The summed E-state index contributed by atoms with van der Waals surface area (Å²) in [5.74, 6) is 0. The Balaban J connectivity index is 1.50. The van der Waals surface area contributed by atoms with E-state index in [9.17, 15) is 0 Å². The van der Waals surface area contributed by atoms with Crippen LogP contribution >= 0.6 is 0 Å². The van der Waals surface area contributed by atoms with Crippen molar-refractivity contribution in [1.29, 1.82) is 0 Å². The van der Waals surface area contributed by atoms with Gasteiger partial charge in [-0.25, -0.2) is 0 Å². The molecule has 1 saturated carbocycles. The lowest BCUT2D eigenvalue weighted by Crippen LogP contribution is -2.79. The molecule has 0 aromatic rings. The van der Waals surface area contributed by atoms with Gasteiger partial charge in [-0.2, -0.15) is 0 Å². The molecule has 26 heavy (non-hydrogen) atoms. The Hall–Kier alpha value is -0.240. The summed E-state index contributed by atoms with van der Waals surface area (Å²) in [4.78, 5) is 0. The fraction of sp³-hybridized carbons (Fsp3) is 1.00. The van der Waals surface area contributed by atoms with Gasteiger partial charge in [-0.1, -0.05) is 6.42 Å². The second kappa shape index (κ2) is 6.39. The van der Waals surface area contributed by atoms with Crippen LogP contribution in [0.15, 0.2) is 0 Å². The zero-order chi connectivity index (χ0) is 17.8. The number of quaternary nitrogens is 2. The van der Waals surface area contributed by atoms with E-state index in [2.05, 4.69) is 14.1 Å². The summed E-state index contributed by atoms with van der Waals surface area (Å²) in [6, 6.07) is 0. The molecule has 1 aliphatic carbocycles. The molecule has 0 aromatic carbocycles. The first kappa shape index (κ1) is 17.8. The first-order chi connectivity index (χ1) is 12.5. The van der Waals surface area contributed by atoms with E-state index >= 15 is 0 Å². The number of hydrogen-bond donors (Lipinski definition) is 0. The van der Waals surface area contributed by atoms with Crippen LogP contribution in [0.25, 0.3) is 0 Å². The van der Waals surface area contributed by atoms with Crippen molar-refractivity contribution in [3.63, 3.8) is 0 Å². The van der Waals surface area contributed by atoms with Gasteiger partial charge < -0.3 is 18.9 Å². The Kier molecular flexibility index (Phi) is 4.38. The van der Waals surface area contributed by atoms with Crippen molar-refractivity contribution in [2.24, 2.45) is 0 Å². The van der Waals surface area contributed by atoms with Crippen molar-refractivity contribution in [3.8, 4) is 0 Å². The molecule has 4 saturated heterocycles. The summed E-state index contributed by atoms with van der Waals surface area (Å²) in [7, 11) is 5.01. The average Bonchev–Trinajstić information content (AvgIpc) is 3.44. The SMILES string of the molecule is C[N+](CC1CO1)(CC1CO1)C1([N+](C)(CC2CO2)CC2CO2)CCCCC1. The van der Waals surface area contributed by atoms with E-state index in [1.54, 1.807) is 0 Å². The molecule has 6 nitrogen and oxygen atoms in total. The molecule has 4 unspecified atom stereocenters. The Morgan fingerprint density at radius 1 is 0.615 bits per heavy atom. The Labute approximate surface area is 157 Å². The number of ether oxygens (including phenoxy) is 4. The number of hydrogen-bond acceptors (Lipinski definition) is 4. The van der Waals surface area contributed by atoms with Crippen LogP contribution in [0.4, 0.5) is 0 Å². The molecule has 0 spiro atoms. The summed E-state index contributed by atoms with van der Waals surface area (Å²) in [6.45, 7) is 8.28. The molecular weight excluding hydrogens is 332 g/mol. The van der Waals surface area contributed by atoms with Crippen LogP contribution in [0, 0.1) is 0 Å². The maximum atomic E-state index is 5.73. The van der Waals surface area contributed by atoms with Crippen molar-refractivity contribution >= 4 is 0 Å². The minimum absolute atomic E-state index is 0.230. The van der Waals surface area contributed by atoms with Crippen molar-refractivity contribution in [2.75, 3.05) is 66.7 Å². The van der Waals surface area contributed by atoms with Crippen molar-refractivity contribution in [1.82, 2.24) is 0 Å². The highest BCUT2D eigenvalue weighted by Gasteiger charge is 2.65. The Bertz CT molecular complexity index is 452. The molecule has 6 heteroatoms. The molecule has 148 valence electrons. The monoisotopic (exact) mass is 368 g/mol. The molecular formula is C20H36N2O4+2. The molecule has 4 aliphatic heterocycles. The quantitative estimate of drug-likeness (QED) is 0.330. The minimum Gasteiger partial charge on any atom is -0.367 e. The van der Waals surface area contributed by atoms with E-state index in [0.29, 0.717) is 24.4 Å². The molecule has 0 bridgehead atoms. The average molecular weight is 369 g/mol. The van der Waals surface area contributed by atoms with Crippen LogP contribution in [0.2, 0.25) is 0 Å². The third-order valence-electron chi connectivity index (χ3n) is 7.70. The van der Waals surface area contributed by atoms with Gasteiger partial charge in [0.25, 0.3) is 0 Å². The molecule has 4 heterocycles. The van der Waals surface area contributed by atoms with E-state index in [1.165, 1.54) is 32.1 Å². The molecule has 5 fully saturated rings.